The molecule has 0 heterocycles. The van der Waals surface area contributed by atoms with Crippen LogP contribution in [0.1, 0.15) is 17.2 Å². The molecule has 0 radical (unpaired) electrons. The highest BCUT2D eigenvalue weighted by Crippen LogP contribution is 2.41. The lowest BCUT2D eigenvalue weighted by atomic mass is 9.99. The van der Waals surface area contributed by atoms with Gasteiger partial charge >= 0.3 is 12.1 Å². The van der Waals surface area contributed by atoms with E-state index in [9.17, 15) is 23.1 Å². The minimum absolute atomic E-state index is 0. The molecule has 1 rings (SSSR count). The second-order valence-corrected chi connectivity index (χ2v) is 4.21. The third-order valence-electron chi connectivity index (χ3n) is 2.24. The molecule has 1 atom stereocenters. The predicted molar refractivity (Wildman–Crippen MR) is 67.0 cm³/mol. The van der Waals surface area contributed by atoms with E-state index >= 15 is 0 Å². The number of phenolic OH excluding ortho intramolecular Hbond substituents is 1. The third kappa shape index (κ3) is 3.74. The molecule has 0 saturated heterocycles. The first-order valence-corrected chi connectivity index (χ1v) is 5.41. The van der Waals surface area contributed by atoms with Crippen molar-refractivity contribution in [2.75, 3.05) is 7.11 Å². The van der Waals surface area contributed by atoms with E-state index in [2.05, 4.69) is 20.7 Å². The van der Waals surface area contributed by atoms with E-state index in [0.717, 1.165) is 19.2 Å². The Balaban J connectivity index is 0.00000324. The maximum Gasteiger partial charge on any atom is 0.416 e. The first-order valence-electron chi connectivity index (χ1n) is 4.62. The van der Waals surface area contributed by atoms with Crippen molar-refractivity contribution in [2.45, 2.75) is 12.2 Å². The summed E-state index contributed by atoms with van der Waals surface area (Å²) in [6.45, 7) is 0. The van der Waals surface area contributed by atoms with Crippen LogP contribution in [-0.4, -0.2) is 18.2 Å². The predicted octanol–water partition coefficient (Wildman–Crippen LogP) is 2.77. The summed E-state index contributed by atoms with van der Waals surface area (Å²) >= 11 is 2.86. The van der Waals surface area contributed by atoms with Crippen LogP contribution in [0.5, 0.6) is 5.75 Å². The number of ether oxygens (including phenoxy) is 1. The average Bonchev–Trinajstić information content (AvgIpc) is 2.29. The lowest BCUT2D eigenvalue weighted by Crippen LogP contribution is -2.26. The summed E-state index contributed by atoms with van der Waals surface area (Å²) < 4.78 is 42.5. The summed E-state index contributed by atoms with van der Waals surface area (Å²) in [5, 5.41) is 9.62. The van der Waals surface area contributed by atoms with E-state index in [4.69, 9.17) is 5.73 Å². The van der Waals surface area contributed by atoms with Gasteiger partial charge in [-0.3, -0.25) is 4.79 Å². The average molecular weight is 365 g/mol. The number of carbonyl (C=O) groups is 1. The van der Waals surface area contributed by atoms with Gasteiger partial charge in [0.1, 0.15) is 11.8 Å². The first-order chi connectivity index (χ1) is 8.20. The SMILES string of the molecule is COC(=O)[C@@H](N)c1c(C(F)(F)F)ccc(Br)c1O.Cl. The van der Waals surface area contributed by atoms with Crippen molar-refractivity contribution in [1.82, 2.24) is 0 Å². The van der Waals surface area contributed by atoms with Gasteiger partial charge in [0.05, 0.1) is 17.1 Å². The molecule has 9 heteroatoms. The molecule has 1 aromatic carbocycles. The smallest absolute Gasteiger partial charge is 0.416 e. The number of esters is 1. The highest BCUT2D eigenvalue weighted by Gasteiger charge is 2.38. The largest absolute Gasteiger partial charge is 0.506 e. The zero-order chi connectivity index (χ0) is 14.1. The molecule has 0 amide bonds. The molecule has 0 aromatic heterocycles. The van der Waals surface area contributed by atoms with Gasteiger partial charge in [0, 0.05) is 5.56 Å². The molecule has 1 aromatic rings. The van der Waals surface area contributed by atoms with Crippen LogP contribution in [-0.2, 0) is 15.7 Å². The van der Waals surface area contributed by atoms with Gasteiger partial charge in [0.15, 0.2) is 0 Å². The number of alkyl halides is 3. The maximum atomic E-state index is 12.8. The third-order valence-corrected chi connectivity index (χ3v) is 2.88. The van der Waals surface area contributed by atoms with Gasteiger partial charge in [-0.2, -0.15) is 13.2 Å². The molecule has 0 spiro atoms. The highest BCUT2D eigenvalue weighted by atomic mass is 79.9. The van der Waals surface area contributed by atoms with Crippen LogP contribution >= 0.6 is 28.3 Å². The number of carbonyl (C=O) groups excluding carboxylic acids is 1. The van der Waals surface area contributed by atoms with Gasteiger partial charge < -0.3 is 15.6 Å². The summed E-state index contributed by atoms with van der Waals surface area (Å²) in [5.74, 6) is -1.81. The number of nitrogens with two attached hydrogens (primary N) is 1. The molecule has 0 aliphatic carbocycles. The topological polar surface area (TPSA) is 72.5 Å². The zero-order valence-corrected chi connectivity index (χ0v) is 11.9. The van der Waals surface area contributed by atoms with Gasteiger partial charge in [-0.15, -0.1) is 12.4 Å². The van der Waals surface area contributed by atoms with E-state index in [0.29, 0.717) is 0 Å². The number of hydrogen-bond donors (Lipinski definition) is 2. The molecule has 0 fully saturated rings. The van der Waals surface area contributed by atoms with Crippen molar-refractivity contribution in [3.8, 4) is 5.75 Å². The second-order valence-electron chi connectivity index (χ2n) is 3.36. The highest BCUT2D eigenvalue weighted by molar-refractivity contribution is 9.10. The molecular formula is C10H10BrClF3NO3. The van der Waals surface area contributed by atoms with Gasteiger partial charge in [-0.1, -0.05) is 0 Å². The van der Waals surface area contributed by atoms with Crippen molar-refractivity contribution in [3.63, 3.8) is 0 Å². The van der Waals surface area contributed by atoms with Crippen LogP contribution in [0.25, 0.3) is 0 Å². The molecular weight excluding hydrogens is 354 g/mol. The van der Waals surface area contributed by atoms with Crippen molar-refractivity contribution in [3.05, 3.63) is 27.7 Å². The number of benzene rings is 1. The number of methoxy groups -OCH3 is 1. The molecule has 19 heavy (non-hydrogen) atoms. The van der Waals surface area contributed by atoms with Crippen molar-refractivity contribution in [1.29, 1.82) is 0 Å². The maximum absolute atomic E-state index is 12.8. The molecule has 4 nitrogen and oxygen atoms in total. The Morgan fingerprint density at radius 1 is 1.47 bits per heavy atom. The summed E-state index contributed by atoms with van der Waals surface area (Å²) in [5.41, 5.74) is 3.46. The normalized spacial score (nSPS) is 12.5. The van der Waals surface area contributed by atoms with E-state index in [1.54, 1.807) is 0 Å². The molecule has 3 N–H and O–H groups in total. The van der Waals surface area contributed by atoms with Crippen LogP contribution in [0.15, 0.2) is 16.6 Å². The van der Waals surface area contributed by atoms with Gasteiger partial charge in [0.25, 0.3) is 0 Å². The first kappa shape index (κ1) is 18.0. The number of aromatic hydroxyl groups is 1. The Bertz CT molecular complexity index is 482. The van der Waals surface area contributed by atoms with E-state index in [-0.39, 0.29) is 16.9 Å². The van der Waals surface area contributed by atoms with Crippen molar-refractivity contribution < 1.29 is 27.8 Å². The summed E-state index contributed by atoms with van der Waals surface area (Å²) in [7, 11) is 0.991. The fraction of sp³-hybridized carbons (Fsp3) is 0.300. The Kier molecular flexibility index (Phi) is 6.11. The van der Waals surface area contributed by atoms with Gasteiger partial charge in [-0.25, -0.2) is 0 Å². The lowest BCUT2D eigenvalue weighted by molar-refractivity contribution is -0.144. The van der Waals surface area contributed by atoms with Crippen LogP contribution in [0, 0.1) is 0 Å². The number of halogens is 5. The Hall–Kier alpha value is -0.990. The second kappa shape index (κ2) is 6.44. The summed E-state index contributed by atoms with van der Waals surface area (Å²) in [4.78, 5) is 11.2. The Morgan fingerprint density at radius 2 is 2.00 bits per heavy atom. The van der Waals surface area contributed by atoms with Crippen molar-refractivity contribution in [2.24, 2.45) is 5.73 Å². The van der Waals surface area contributed by atoms with Crippen LogP contribution in [0.3, 0.4) is 0 Å². The monoisotopic (exact) mass is 363 g/mol. The van der Waals surface area contributed by atoms with Crippen LogP contribution in [0.2, 0.25) is 0 Å². The number of rotatable bonds is 2. The van der Waals surface area contributed by atoms with E-state index in [1.165, 1.54) is 0 Å². The minimum Gasteiger partial charge on any atom is -0.506 e. The molecule has 0 saturated carbocycles. The fourth-order valence-electron chi connectivity index (χ4n) is 1.39. The molecule has 0 unspecified atom stereocenters. The molecule has 0 bridgehead atoms. The Morgan fingerprint density at radius 3 is 2.42 bits per heavy atom. The number of hydrogen-bond acceptors (Lipinski definition) is 4. The number of phenols is 1. The minimum atomic E-state index is -4.74. The molecule has 0 aliphatic heterocycles. The van der Waals surface area contributed by atoms with Gasteiger partial charge in [-0.05, 0) is 28.1 Å². The van der Waals surface area contributed by atoms with Gasteiger partial charge in [0.2, 0.25) is 0 Å². The summed E-state index contributed by atoms with van der Waals surface area (Å²) in [6.07, 6.45) is -4.74. The van der Waals surface area contributed by atoms with Crippen molar-refractivity contribution >= 4 is 34.3 Å². The quantitative estimate of drug-likeness (QED) is 0.792. The molecule has 108 valence electrons. The fourth-order valence-corrected chi connectivity index (χ4v) is 1.73. The standard InChI is InChI=1S/C10H9BrF3NO3.ClH/c1-18-9(17)7(15)6-4(10(12,13)14)2-3-5(11)8(6)16;/h2-3,7,16H,15H2,1H3;1H/t7-;/m0./s1. The van der Waals surface area contributed by atoms with E-state index in [1.807, 2.05) is 0 Å². The van der Waals surface area contributed by atoms with Crippen LogP contribution in [0.4, 0.5) is 13.2 Å². The lowest BCUT2D eigenvalue weighted by Gasteiger charge is -2.18. The van der Waals surface area contributed by atoms with Crippen LogP contribution < -0.4 is 5.73 Å². The summed E-state index contributed by atoms with van der Waals surface area (Å²) in [6, 6.07) is 0.0252. The Labute approximate surface area is 121 Å². The van der Waals surface area contributed by atoms with E-state index < -0.39 is 35.1 Å². The molecule has 0 aliphatic rings. The zero-order valence-electron chi connectivity index (χ0n) is 9.49.